The van der Waals surface area contributed by atoms with Gasteiger partial charge < -0.3 is 10.2 Å². The number of halogens is 6. The van der Waals surface area contributed by atoms with Crippen LogP contribution in [0.1, 0.15) is 64.3 Å². The zero-order valence-electron chi connectivity index (χ0n) is 20.5. The lowest BCUT2D eigenvalue weighted by Crippen LogP contribution is -2.30. The number of nitrogens with zero attached hydrogens (tertiary/aromatic N) is 4. The minimum atomic E-state index is -5.09. The smallest absolute Gasteiger partial charge is 0.344 e. The first-order valence-corrected chi connectivity index (χ1v) is 11.4. The lowest BCUT2D eigenvalue weighted by Gasteiger charge is -2.19. The van der Waals surface area contributed by atoms with Gasteiger partial charge in [-0.05, 0) is 51.1 Å². The van der Waals surface area contributed by atoms with Crippen LogP contribution >= 0.6 is 0 Å². The minimum absolute atomic E-state index is 0.0543. The number of nitrogens with one attached hydrogen (secondary N) is 1. The van der Waals surface area contributed by atoms with Crippen LogP contribution < -0.4 is 5.32 Å². The van der Waals surface area contributed by atoms with Gasteiger partial charge in [0.1, 0.15) is 5.69 Å². The summed E-state index contributed by atoms with van der Waals surface area (Å²) in [6.07, 6.45) is -6.16. The first-order chi connectivity index (χ1) is 17.8. The van der Waals surface area contributed by atoms with Crippen LogP contribution in [0.4, 0.5) is 26.3 Å². The van der Waals surface area contributed by atoms with Crippen molar-refractivity contribution in [1.29, 1.82) is 0 Å². The molecule has 0 radical (unpaired) electrons. The van der Waals surface area contributed by atoms with Gasteiger partial charge in [0.25, 0.3) is 11.8 Å². The third-order valence-corrected chi connectivity index (χ3v) is 5.64. The van der Waals surface area contributed by atoms with Crippen LogP contribution in [0.25, 0.3) is 11.4 Å². The average molecular weight is 539 g/mol. The van der Waals surface area contributed by atoms with E-state index in [4.69, 9.17) is 0 Å². The van der Waals surface area contributed by atoms with E-state index < -0.39 is 41.0 Å². The van der Waals surface area contributed by atoms with E-state index in [0.29, 0.717) is 36.5 Å². The third kappa shape index (κ3) is 6.45. The van der Waals surface area contributed by atoms with Crippen LogP contribution in [-0.4, -0.2) is 44.8 Å². The standard InChI is InChI=1S/C25H23F6N5O2/c1-4-36(5-2)23(38)15-6-7-19(34-13-15)21-20(32-8-9-33-21)14(3)35-22(37)16-10-17(24(26,27)28)12-18(11-16)25(29,30)31/h6-14H,4-5H2,1-3H3,(H,35,37)/t14-/m0/s1. The summed E-state index contributed by atoms with van der Waals surface area (Å²) >= 11 is 0. The highest BCUT2D eigenvalue weighted by atomic mass is 19.4. The van der Waals surface area contributed by atoms with Gasteiger partial charge in [-0.25, -0.2) is 0 Å². The van der Waals surface area contributed by atoms with Crippen LogP contribution in [0.5, 0.6) is 0 Å². The van der Waals surface area contributed by atoms with Crippen LogP contribution in [-0.2, 0) is 12.4 Å². The van der Waals surface area contributed by atoms with Crippen molar-refractivity contribution in [3.63, 3.8) is 0 Å². The molecule has 3 aromatic rings. The molecule has 1 atom stereocenters. The Morgan fingerprint density at radius 3 is 1.95 bits per heavy atom. The third-order valence-electron chi connectivity index (χ3n) is 5.64. The summed E-state index contributed by atoms with van der Waals surface area (Å²) in [6.45, 7) is 6.15. The molecule has 202 valence electrons. The molecule has 0 fully saturated rings. The molecule has 3 rings (SSSR count). The highest BCUT2D eigenvalue weighted by Crippen LogP contribution is 2.36. The predicted octanol–water partition coefficient (Wildman–Crippen LogP) is 5.55. The van der Waals surface area contributed by atoms with Gasteiger partial charge in [0.05, 0.1) is 34.1 Å². The summed E-state index contributed by atoms with van der Waals surface area (Å²) in [7, 11) is 0. The molecule has 0 bridgehead atoms. The van der Waals surface area contributed by atoms with Gasteiger partial charge in [0, 0.05) is 37.2 Å². The van der Waals surface area contributed by atoms with E-state index in [1.165, 1.54) is 31.6 Å². The van der Waals surface area contributed by atoms with Gasteiger partial charge in [-0.2, -0.15) is 26.3 Å². The fraction of sp³-hybridized carbons (Fsp3) is 0.320. The highest BCUT2D eigenvalue weighted by Gasteiger charge is 2.37. The SMILES string of the molecule is CCN(CC)C(=O)c1ccc(-c2nccnc2[C@H](C)NC(=O)c2cc(C(F)(F)F)cc(C(F)(F)F)c2)nc1. The molecule has 2 aromatic heterocycles. The molecule has 0 spiro atoms. The van der Waals surface area contributed by atoms with E-state index in [-0.39, 0.29) is 23.4 Å². The normalized spacial score (nSPS) is 12.7. The van der Waals surface area contributed by atoms with Crippen LogP contribution in [0.15, 0.2) is 48.9 Å². The first-order valence-electron chi connectivity index (χ1n) is 11.4. The quantitative estimate of drug-likeness (QED) is 0.398. The highest BCUT2D eigenvalue weighted by molar-refractivity contribution is 5.95. The van der Waals surface area contributed by atoms with Gasteiger partial charge in [-0.15, -0.1) is 0 Å². The topological polar surface area (TPSA) is 88.1 Å². The summed E-state index contributed by atoms with van der Waals surface area (Å²) < 4.78 is 79.1. The van der Waals surface area contributed by atoms with Crippen LogP contribution in [0.2, 0.25) is 0 Å². The van der Waals surface area contributed by atoms with E-state index in [9.17, 15) is 35.9 Å². The van der Waals surface area contributed by atoms with Gasteiger partial charge >= 0.3 is 12.4 Å². The van der Waals surface area contributed by atoms with Crippen molar-refractivity contribution in [3.8, 4) is 11.4 Å². The number of amides is 2. The number of hydrogen-bond acceptors (Lipinski definition) is 5. The van der Waals surface area contributed by atoms with E-state index in [0.717, 1.165) is 0 Å². The van der Waals surface area contributed by atoms with E-state index >= 15 is 0 Å². The number of alkyl halides is 6. The Morgan fingerprint density at radius 1 is 0.868 bits per heavy atom. The van der Waals surface area contributed by atoms with Crippen LogP contribution in [0.3, 0.4) is 0 Å². The maximum Gasteiger partial charge on any atom is 0.416 e. The van der Waals surface area contributed by atoms with Gasteiger partial charge in [0.2, 0.25) is 0 Å². The predicted molar refractivity (Wildman–Crippen MR) is 125 cm³/mol. The molecule has 0 aliphatic rings. The van der Waals surface area contributed by atoms with Crippen molar-refractivity contribution >= 4 is 11.8 Å². The molecule has 7 nitrogen and oxygen atoms in total. The fourth-order valence-corrected chi connectivity index (χ4v) is 3.65. The Kier molecular flexibility index (Phi) is 8.38. The lowest BCUT2D eigenvalue weighted by molar-refractivity contribution is -0.143. The molecular formula is C25H23F6N5O2. The second kappa shape index (κ2) is 11.2. The Balaban J connectivity index is 1.90. The Morgan fingerprint density at radius 2 is 1.45 bits per heavy atom. The zero-order valence-corrected chi connectivity index (χ0v) is 20.5. The molecule has 0 saturated carbocycles. The van der Waals surface area contributed by atoms with Crippen molar-refractivity contribution in [1.82, 2.24) is 25.2 Å². The summed E-state index contributed by atoms with van der Waals surface area (Å²) in [5, 5.41) is 2.38. The summed E-state index contributed by atoms with van der Waals surface area (Å²) in [5.41, 5.74) is -3.01. The van der Waals surface area contributed by atoms with E-state index in [1.54, 1.807) is 11.0 Å². The number of hydrogen-bond donors (Lipinski definition) is 1. The number of carbonyl (C=O) groups excluding carboxylic acids is 2. The molecule has 0 aliphatic carbocycles. The average Bonchev–Trinajstić information content (AvgIpc) is 2.88. The van der Waals surface area contributed by atoms with Gasteiger partial charge in [-0.1, -0.05) is 0 Å². The van der Waals surface area contributed by atoms with Gasteiger partial charge in [0.15, 0.2) is 0 Å². The molecule has 13 heteroatoms. The van der Waals surface area contributed by atoms with Crippen molar-refractivity contribution in [3.05, 3.63) is 76.9 Å². The van der Waals surface area contributed by atoms with Crippen molar-refractivity contribution in [2.75, 3.05) is 13.1 Å². The molecular weight excluding hydrogens is 516 g/mol. The van der Waals surface area contributed by atoms with Crippen molar-refractivity contribution < 1.29 is 35.9 Å². The first kappa shape index (κ1) is 28.5. The molecule has 38 heavy (non-hydrogen) atoms. The zero-order chi connectivity index (χ0) is 28.3. The maximum absolute atomic E-state index is 13.2. The Bertz CT molecular complexity index is 1270. The van der Waals surface area contributed by atoms with Crippen molar-refractivity contribution in [2.45, 2.75) is 39.2 Å². The summed E-state index contributed by atoms with van der Waals surface area (Å²) in [4.78, 5) is 39.5. The molecule has 1 N–H and O–H groups in total. The van der Waals surface area contributed by atoms with E-state index in [2.05, 4.69) is 20.3 Å². The molecule has 0 aliphatic heterocycles. The maximum atomic E-state index is 13.2. The lowest BCUT2D eigenvalue weighted by atomic mass is 10.0. The molecule has 2 heterocycles. The van der Waals surface area contributed by atoms with Gasteiger partial charge in [-0.3, -0.25) is 24.5 Å². The second-order valence-corrected chi connectivity index (χ2v) is 8.19. The number of rotatable bonds is 7. The summed E-state index contributed by atoms with van der Waals surface area (Å²) in [6, 6.07) is 2.74. The number of benzene rings is 1. The summed E-state index contributed by atoms with van der Waals surface area (Å²) in [5.74, 6) is -1.38. The number of pyridine rings is 1. The molecule has 0 saturated heterocycles. The molecule has 2 amide bonds. The largest absolute Gasteiger partial charge is 0.416 e. The number of aromatic nitrogens is 3. The van der Waals surface area contributed by atoms with E-state index in [1.807, 2.05) is 13.8 Å². The number of carbonyl (C=O) groups is 2. The Labute approximate surface area is 213 Å². The Hall–Kier alpha value is -4.03. The second-order valence-electron chi connectivity index (χ2n) is 8.19. The monoisotopic (exact) mass is 539 g/mol. The molecule has 0 unspecified atom stereocenters. The molecule has 1 aromatic carbocycles. The fourth-order valence-electron chi connectivity index (χ4n) is 3.65. The van der Waals surface area contributed by atoms with Crippen molar-refractivity contribution in [2.24, 2.45) is 0 Å². The minimum Gasteiger partial charge on any atom is -0.344 e. The van der Waals surface area contributed by atoms with Crippen LogP contribution in [0, 0.1) is 0 Å².